The van der Waals surface area contributed by atoms with Gasteiger partial charge in [0.15, 0.2) is 6.61 Å². The highest BCUT2D eigenvalue weighted by molar-refractivity contribution is 7.99. The summed E-state index contributed by atoms with van der Waals surface area (Å²) in [6, 6.07) is 14.9. The molecule has 1 amide bonds. The third-order valence-corrected chi connectivity index (χ3v) is 5.84. The van der Waals surface area contributed by atoms with Crippen molar-refractivity contribution in [1.82, 2.24) is 15.0 Å². The summed E-state index contributed by atoms with van der Waals surface area (Å²) in [7, 11) is 0. The maximum Gasteiger partial charge on any atom is 0.316 e. The lowest BCUT2D eigenvalue weighted by Crippen LogP contribution is -2.21. The summed E-state index contributed by atoms with van der Waals surface area (Å²) in [5.41, 5.74) is 3.94. The number of benzene rings is 2. The number of esters is 1. The van der Waals surface area contributed by atoms with E-state index in [-0.39, 0.29) is 12.4 Å². The summed E-state index contributed by atoms with van der Waals surface area (Å²) in [6.07, 6.45) is 1.61. The van der Waals surface area contributed by atoms with Crippen LogP contribution in [0.4, 0.5) is 5.69 Å². The number of hydrogen-bond donors (Lipinski definition) is 1. The quantitative estimate of drug-likeness (QED) is 0.331. The second-order valence-corrected chi connectivity index (χ2v) is 8.58. The lowest BCUT2D eigenvalue weighted by atomic mass is 10.1. The summed E-state index contributed by atoms with van der Waals surface area (Å²) in [6.45, 7) is 1.59. The van der Waals surface area contributed by atoms with Gasteiger partial charge in [0.25, 0.3) is 5.91 Å². The third-order valence-electron chi connectivity index (χ3n) is 4.19. The number of thioether (sulfide) groups is 1. The Hall–Kier alpha value is -3.30. The first-order chi connectivity index (χ1) is 15.1. The molecule has 0 aliphatic carbocycles. The summed E-state index contributed by atoms with van der Waals surface area (Å²) in [5.74, 6) is -0.865. The van der Waals surface area contributed by atoms with E-state index in [1.54, 1.807) is 23.6 Å². The largest absolute Gasteiger partial charge is 0.455 e. The van der Waals surface area contributed by atoms with Crippen molar-refractivity contribution in [3.05, 3.63) is 65.1 Å². The van der Waals surface area contributed by atoms with E-state index in [2.05, 4.69) is 20.3 Å². The van der Waals surface area contributed by atoms with Crippen LogP contribution in [0, 0.1) is 6.92 Å². The van der Waals surface area contributed by atoms with Gasteiger partial charge >= 0.3 is 5.97 Å². The van der Waals surface area contributed by atoms with E-state index in [0.717, 1.165) is 27.3 Å². The van der Waals surface area contributed by atoms with Crippen molar-refractivity contribution in [3.63, 3.8) is 0 Å². The molecule has 9 heteroatoms. The van der Waals surface area contributed by atoms with E-state index in [1.807, 2.05) is 54.8 Å². The zero-order valence-corrected chi connectivity index (χ0v) is 18.2. The Morgan fingerprint density at radius 3 is 2.74 bits per heavy atom. The molecule has 0 spiro atoms. The highest BCUT2D eigenvalue weighted by Crippen LogP contribution is 2.24. The van der Waals surface area contributed by atoms with Crippen LogP contribution in [0.25, 0.3) is 22.3 Å². The van der Waals surface area contributed by atoms with Gasteiger partial charge in [0, 0.05) is 16.6 Å². The van der Waals surface area contributed by atoms with Crippen molar-refractivity contribution >= 4 is 51.7 Å². The van der Waals surface area contributed by atoms with Crippen LogP contribution in [-0.4, -0.2) is 39.2 Å². The summed E-state index contributed by atoms with van der Waals surface area (Å²) < 4.78 is 5.07. The highest BCUT2D eigenvalue weighted by atomic mass is 32.2. The molecule has 2 aromatic carbocycles. The minimum atomic E-state index is -0.498. The predicted octanol–water partition coefficient (Wildman–Crippen LogP) is 4.34. The standard InChI is InChI=1S/C22H18N4O3S2/c1-14-24-19(12-30-14)15-5-4-6-16(9-15)25-20(27)11-29-22(28)13-31-21-10-23-17-7-2-3-8-18(17)26-21/h2-10,12H,11,13H2,1H3,(H,25,27). The highest BCUT2D eigenvalue weighted by Gasteiger charge is 2.11. The number of anilines is 1. The van der Waals surface area contributed by atoms with Crippen LogP contribution < -0.4 is 5.32 Å². The van der Waals surface area contributed by atoms with Crippen LogP contribution in [-0.2, 0) is 14.3 Å². The van der Waals surface area contributed by atoms with Gasteiger partial charge < -0.3 is 10.1 Å². The lowest BCUT2D eigenvalue weighted by molar-refractivity contribution is -0.144. The SMILES string of the molecule is Cc1nc(-c2cccc(NC(=O)COC(=O)CSc3cnc4ccccc4n3)c2)cs1. The number of aryl methyl sites for hydroxylation is 1. The van der Waals surface area contributed by atoms with Gasteiger partial charge in [-0.1, -0.05) is 36.0 Å². The maximum absolute atomic E-state index is 12.2. The minimum absolute atomic E-state index is 0.0406. The van der Waals surface area contributed by atoms with Gasteiger partial charge in [0.2, 0.25) is 0 Å². The van der Waals surface area contributed by atoms with E-state index in [9.17, 15) is 9.59 Å². The van der Waals surface area contributed by atoms with Gasteiger partial charge in [-0.3, -0.25) is 14.6 Å². The molecule has 0 bridgehead atoms. The molecule has 4 rings (SSSR count). The molecule has 0 atom stereocenters. The fourth-order valence-corrected chi connectivity index (χ4v) is 4.04. The van der Waals surface area contributed by atoms with E-state index < -0.39 is 11.9 Å². The number of nitrogens with zero attached hydrogens (tertiary/aromatic N) is 3. The molecule has 0 fully saturated rings. The fourth-order valence-electron chi connectivity index (χ4n) is 2.78. The van der Waals surface area contributed by atoms with Crippen LogP contribution in [0.1, 0.15) is 5.01 Å². The number of carbonyl (C=O) groups is 2. The van der Waals surface area contributed by atoms with Gasteiger partial charge in [-0.2, -0.15) is 0 Å². The molecule has 0 saturated heterocycles. The molecule has 2 aromatic heterocycles. The van der Waals surface area contributed by atoms with Gasteiger partial charge in [-0.25, -0.2) is 9.97 Å². The Labute approximate surface area is 186 Å². The Morgan fingerprint density at radius 2 is 1.94 bits per heavy atom. The molecule has 1 N–H and O–H groups in total. The van der Waals surface area contributed by atoms with Crippen LogP contribution in [0.15, 0.2) is 65.1 Å². The lowest BCUT2D eigenvalue weighted by Gasteiger charge is -2.08. The van der Waals surface area contributed by atoms with Crippen molar-refractivity contribution < 1.29 is 14.3 Å². The fraction of sp³-hybridized carbons (Fsp3) is 0.136. The van der Waals surface area contributed by atoms with Crippen LogP contribution in [0.2, 0.25) is 0 Å². The minimum Gasteiger partial charge on any atom is -0.455 e. The number of thiazole rings is 1. The molecule has 156 valence electrons. The molecule has 31 heavy (non-hydrogen) atoms. The van der Waals surface area contributed by atoms with E-state index in [0.29, 0.717) is 10.7 Å². The Bertz CT molecular complexity index is 1240. The van der Waals surface area contributed by atoms with Gasteiger partial charge in [0.1, 0.15) is 5.03 Å². The molecular formula is C22H18N4O3S2. The number of rotatable bonds is 7. The average molecular weight is 451 g/mol. The number of fused-ring (bicyclic) bond motifs is 1. The number of ether oxygens (including phenoxy) is 1. The Kier molecular flexibility index (Phi) is 6.54. The summed E-state index contributed by atoms with van der Waals surface area (Å²) >= 11 is 2.78. The molecule has 0 saturated carbocycles. The van der Waals surface area contributed by atoms with E-state index >= 15 is 0 Å². The zero-order chi connectivity index (χ0) is 21.6. The van der Waals surface area contributed by atoms with E-state index in [4.69, 9.17) is 4.74 Å². The number of carbonyl (C=O) groups excluding carboxylic acids is 2. The molecule has 4 aromatic rings. The number of aromatic nitrogens is 3. The van der Waals surface area contributed by atoms with Gasteiger partial charge in [0.05, 0.1) is 33.7 Å². The van der Waals surface area contributed by atoms with Gasteiger partial charge in [-0.15, -0.1) is 11.3 Å². The molecule has 0 aliphatic heterocycles. The first-order valence-corrected chi connectivity index (χ1v) is 11.3. The van der Waals surface area contributed by atoms with Gasteiger partial charge in [-0.05, 0) is 31.2 Å². The number of nitrogens with one attached hydrogen (secondary N) is 1. The molecule has 7 nitrogen and oxygen atoms in total. The average Bonchev–Trinajstić information content (AvgIpc) is 3.22. The molecule has 2 heterocycles. The second kappa shape index (κ2) is 9.67. The first-order valence-electron chi connectivity index (χ1n) is 9.39. The van der Waals surface area contributed by atoms with Crippen molar-refractivity contribution in [1.29, 1.82) is 0 Å². The van der Waals surface area contributed by atoms with E-state index in [1.165, 1.54) is 11.8 Å². The number of para-hydroxylation sites is 2. The number of amides is 1. The van der Waals surface area contributed by atoms with Crippen LogP contribution >= 0.6 is 23.1 Å². The molecule has 0 aliphatic rings. The topological polar surface area (TPSA) is 94.1 Å². The molecular weight excluding hydrogens is 432 g/mol. The van der Waals surface area contributed by atoms with Crippen LogP contribution in [0.5, 0.6) is 0 Å². The molecule has 0 radical (unpaired) electrons. The Morgan fingerprint density at radius 1 is 1.10 bits per heavy atom. The normalized spacial score (nSPS) is 10.7. The summed E-state index contributed by atoms with van der Waals surface area (Å²) in [4.78, 5) is 37.4. The number of hydrogen-bond acceptors (Lipinski definition) is 8. The first kappa shape index (κ1) is 21.0. The smallest absolute Gasteiger partial charge is 0.316 e. The van der Waals surface area contributed by atoms with Crippen molar-refractivity contribution in [3.8, 4) is 11.3 Å². The summed E-state index contributed by atoms with van der Waals surface area (Å²) in [5, 5.41) is 6.30. The van der Waals surface area contributed by atoms with Crippen molar-refractivity contribution in [2.75, 3.05) is 17.7 Å². The van der Waals surface area contributed by atoms with Crippen molar-refractivity contribution in [2.24, 2.45) is 0 Å². The predicted molar refractivity (Wildman–Crippen MR) is 122 cm³/mol. The van der Waals surface area contributed by atoms with Crippen LogP contribution in [0.3, 0.4) is 0 Å². The second-order valence-electron chi connectivity index (χ2n) is 6.53. The third kappa shape index (κ3) is 5.65. The van der Waals surface area contributed by atoms with Crippen molar-refractivity contribution in [2.45, 2.75) is 11.9 Å². The monoisotopic (exact) mass is 450 g/mol. The maximum atomic E-state index is 12.2. The molecule has 0 unspecified atom stereocenters. The zero-order valence-electron chi connectivity index (χ0n) is 16.6. The Balaban J connectivity index is 1.26.